The minimum absolute atomic E-state index is 0.244. The van der Waals surface area contributed by atoms with E-state index in [1.807, 2.05) is 31.1 Å². The lowest BCUT2D eigenvalue weighted by Crippen LogP contribution is -2.14. The van der Waals surface area contributed by atoms with Crippen molar-refractivity contribution in [1.29, 1.82) is 0 Å². The molecule has 3 aromatic rings. The molecular formula is C22H21N3O2. The minimum atomic E-state index is -0.532. The molecule has 5 heteroatoms. The van der Waals surface area contributed by atoms with Crippen LogP contribution in [0.15, 0.2) is 72.8 Å². The third-order valence-electron chi connectivity index (χ3n) is 4.27. The average Bonchev–Trinajstić information content (AvgIpc) is 2.68. The van der Waals surface area contributed by atoms with E-state index < -0.39 is 5.91 Å². The van der Waals surface area contributed by atoms with Crippen molar-refractivity contribution in [2.24, 2.45) is 5.73 Å². The molecule has 3 aromatic carbocycles. The predicted octanol–water partition coefficient (Wildman–Crippen LogP) is 3.77. The Morgan fingerprint density at radius 3 is 1.96 bits per heavy atom. The van der Waals surface area contributed by atoms with E-state index in [4.69, 9.17) is 5.73 Å². The number of anilines is 2. The van der Waals surface area contributed by atoms with Crippen molar-refractivity contribution >= 4 is 23.2 Å². The molecule has 27 heavy (non-hydrogen) atoms. The van der Waals surface area contributed by atoms with Crippen molar-refractivity contribution in [2.45, 2.75) is 0 Å². The molecular weight excluding hydrogens is 338 g/mol. The third-order valence-corrected chi connectivity index (χ3v) is 4.27. The van der Waals surface area contributed by atoms with Crippen LogP contribution in [0, 0.1) is 0 Å². The SMILES string of the molecule is CN(C)c1ccc(-c2ccc(C(=O)Nc3cccc(C(N)=O)c3)cc2)cc1. The van der Waals surface area contributed by atoms with Crippen LogP contribution < -0.4 is 16.0 Å². The lowest BCUT2D eigenvalue weighted by molar-refractivity contribution is 0.0996. The van der Waals surface area contributed by atoms with Gasteiger partial charge >= 0.3 is 0 Å². The molecule has 2 amide bonds. The Kier molecular flexibility index (Phi) is 5.22. The summed E-state index contributed by atoms with van der Waals surface area (Å²) in [5, 5.41) is 2.78. The minimum Gasteiger partial charge on any atom is -0.378 e. The quantitative estimate of drug-likeness (QED) is 0.728. The van der Waals surface area contributed by atoms with Gasteiger partial charge in [-0.25, -0.2) is 0 Å². The molecule has 0 spiro atoms. The molecule has 0 heterocycles. The molecule has 0 unspecified atom stereocenters. The summed E-state index contributed by atoms with van der Waals surface area (Å²) in [6.07, 6.45) is 0. The van der Waals surface area contributed by atoms with Gasteiger partial charge in [-0.15, -0.1) is 0 Å². The topological polar surface area (TPSA) is 75.4 Å². The first kappa shape index (κ1) is 18.2. The van der Waals surface area contributed by atoms with E-state index in [9.17, 15) is 9.59 Å². The molecule has 0 saturated carbocycles. The summed E-state index contributed by atoms with van der Waals surface area (Å²) >= 11 is 0. The maximum atomic E-state index is 12.4. The zero-order valence-electron chi connectivity index (χ0n) is 15.3. The predicted molar refractivity (Wildman–Crippen MR) is 109 cm³/mol. The van der Waals surface area contributed by atoms with Crippen LogP contribution in [0.3, 0.4) is 0 Å². The maximum absolute atomic E-state index is 12.4. The number of amides is 2. The van der Waals surface area contributed by atoms with E-state index in [1.54, 1.807) is 36.4 Å². The lowest BCUT2D eigenvalue weighted by Gasteiger charge is -2.13. The van der Waals surface area contributed by atoms with E-state index in [-0.39, 0.29) is 5.91 Å². The summed E-state index contributed by atoms with van der Waals surface area (Å²) in [6.45, 7) is 0. The highest BCUT2D eigenvalue weighted by Crippen LogP contribution is 2.23. The molecule has 0 saturated heterocycles. The smallest absolute Gasteiger partial charge is 0.255 e. The van der Waals surface area contributed by atoms with E-state index >= 15 is 0 Å². The second kappa shape index (κ2) is 7.74. The second-order valence-electron chi connectivity index (χ2n) is 6.42. The molecule has 0 bridgehead atoms. The highest BCUT2D eigenvalue weighted by Gasteiger charge is 2.08. The molecule has 0 fully saturated rings. The van der Waals surface area contributed by atoms with Gasteiger partial charge in [-0.2, -0.15) is 0 Å². The van der Waals surface area contributed by atoms with Gasteiger partial charge in [-0.1, -0.05) is 30.3 Å². The Labute approximate surface area is 158 Å². The number of hydrogen-bond acceptors (Lipinski definition) is 3. The second-order valence-corrected chi connectivity index (χ2v) is 6.42. The van der Waals surface area contributed by atoms with Crippen molar-refractivity contribution in [3.05, 3.63) is 83.9 Å². The van der Waals surface area contributed by atoms with Crippen LogP contribution in [0.25, 0.3) is 11.1 Å². The van der Waals surface area contributed by atoms with E-state index in [2.05, 4.69) is 29.6 Å². The van der Waals surface area contributed by atoms with Gasteiger partial charge < -0.3 is 16.0 Å². The highest BCUT2D eigenvalue weighted by atomic mass is 16.2. The van der Waals surface area contributed by atoms with Gasteiger partial charge in [0, 0.05) is 36.6 Å². The Hall–Kier alpha value is -3.60. The fourth-order valence-corrected chi connectivity index (χ4v) is 2.72. The number of carbonyl (C=O) groups excluding carboxylic acids is 2. The number of nitrogens with zero attached hydrogens (tertiary/aromatic N) is 1. The third kappa shape index (κ3) is 4.33. The maximum Gasteiger partial charge on any atom is 0.255 e. The van der Waals surface area contributed by atoms with Crippen molar-refractivity contribution in [3.63, 3.8) is 0 Å². The van der Waals surface area contributed by atoms with Gasteiger partial charge in [0.25, 0.3) is 5.91 Å². The number of rotatable bonds is 5. The number of carbonyl (C=O) groups is 2. The van der Waals surface area contributed by atoms with Gasteiger partial charge in [0.05, 0.1) is 0 Å². The molecule has 0 radical (unpaired) electrons. The molecule has 5 nitrogen and oxygen atoms in total. The van der Waals surface area contributed by atoms with Gasteiger partial charge in [-0.05, 0) is 53.6 Å². The van der Waals surface area contributed by atoms with Crippen molar-refractivity contribution < 1.29 is 9.59 Å². The summed E-state index contributed by atoms with van der Waals surface area (Å²) in [5.74, 6) is -0.776. The normalized spacial score (nSPS) is 10.3. The van der Waals surface area contributed by atoms with Crippen molar-refractivity contribution in [3.8, 4) is 11.1 Å². The molecule has 0 aliphatic carbocycles. The zero-order chi connectivity index (χ0) is 19.4. The van der Waals surface area contributed by atoms with Gasteiger partial charge in [0.2, 0.25) is 5.91 Å². The van der Waals surface area contributed by atoms with Crippen LogP contribution in [0.2, 0.25) is 0 Å². The van der Waals surface area contributed by atoms with Crippen LogP contribution in [0.5, 0.6) is 0 Å². The summed E-state index contributed by atoms with van der Waals surface area (Å²) in [6, 6.07) is 22.2. The van der Waals surface area contributed by atoms with Crippen LogP contribution in [-0.2, 0) is 0 Å². The number of primary amides is 1. The molecule has 3 rings (SSSR count). The van der Waals surface area contributed by atoms with Gasteiger partial charge in [0.1, 0.15) is 0 Å². The van der Waals surface area contributed by atoms with E-state index in [0.29, 0.717) is 16.8 Å². The van der Waals surface area contributed by atoms with Crippen LogP contribution >= 0.6 is 0 Å². The average molecular weight is 359 g/mol. The number of benzene rings is 3. The summed E-state index contributed by atoms with van der Waals surface area (Å²) in [4.78, 5) is 25.7. The molecule has 0 aliphatic rings. The fourth-order valence-electron chi connectivity index (χ4n) is 2.72. The van der Waals surface area contributed by atoms with Crippen molar-refractivity contribution in [1.82, 2.24) is 0 Å². The molecule has 136 valence electrons. The Morgan fingerprint density at radius 2 is 1.41 bits per heavy atom. The Bertz CT molecular complexity index is 962. The van der Waals surface area contributed by atoms with Crippen LogP contribution in [0.4, 0.5) is 11.4 Å². The molecule has 0 atom stereocenters. The van der Waals surface area contributed by atoms with E-state index in [1.165, 1.54) is 0 Å². The van der Waals surface area contributed by atoms with Crippen molar-refractivity contribution in [2.75, 3.05) is 24.3 Å². The number of hydrogen-bond donors (Lipinski definition) is 2. The lowest BCUT2D eigenvalue weighted by atomic mass is 10.0. The Balaban J connectivity index is 1.74. The molecule has 0 aromatic heterocycles. The van der Waals surface area contributed by atoms with Gasteiger partial charge in [-0.3, -0.25) is 9.59 Å². The first-order valence-corrected chi connectivity index (χ1v) is 8.53. The summed E-state index contributed by atoms with van der Waals surface area (Å²) in [5.41, 5.74) is 9.93. The summed E-state index contributed by atoms with van der Waals surface area (Å²) in [7, 11) is 4.00. The fraction of sp³-hybridized carbons (Fsp3) is 0.0909. The number of nitrogens with one attached hydrogen (secondary N) is 1. The first-order valence-electron chi connectivity index (χ1n) is 8.53. The zero-order valence-corrected chi connectivity index (χ0v) is 15.3. The van der Waals surface area contributed by atoms with Gasteiger partial charge in [0.15, 0.2) is 0 Å². The largest absolute Gasteiger partial charge is 0.378 e. The summed E-state index contributed by atoms with van der Waals surface area (Å²) < 4.78 is 0. The highest BCUT2D eigenvalue weighted by molar-refractivity contribution is 6.05. The van der Waals surface area contributed by atoms with E-state index in [0.717, 1.165) is 16.8 Å². The van der Waals surface area contributed by atoms with Crippen LogP contribution in [-0.4, -0.2) is 25.9 Å². The Morgan fingerprint density at radius 1 is 0.815 bits per heavy atom. The first-order chi connectivity index (χ1) is 12.9. The monoisotopic (exact) mass is 359 g/mol. The molecule has 0 aliphatic heterocycles. The molecule has 3 N–H and O–H groups in total. The van der Waals surface area contributed by atoms with Crippen LogP contribution in [0.1, 0.15) is 20.7 Å². The standard InChI is InChI=1S/C22H21N3O2/c1-25(2)20-12-10-16(11-13-20)15-6-8-17(9-7-15)22(27)24-19-5-3-4-18(14-19)21(23)26/h3-14H,1-2H3,(H2,23,26)(H,24,27). The number of nitrogens with two attached hydrogens (primary N) is 1.